The number of carbonyl (C=O) groups is 1. The third-order valence-electron chi connectivity index (χ3n) is 8.03. The minimum Gasteiger partial charge on any atom is -0.445 e. The van der Waals surface area contributed by atoms with Crippen molar-refractivity contribution >= 4 is 42.8 Å². The summed E-state index contributed by atoms with van der Waals surface area (Å²) >= 11 is 1.42. The first-order valence-electron chi connectivity index (χ1n) is 16.3. The topological polar surface area (TPSA) is 149 Å². The molecule has 0 spiro atoms. The van der Waals surface area contributed by atoms with Crippen molar-refractivity contribution in [2.24, 2.45) is 5.92 Å². The predicted octanol–water partition coefficient (Wildman–Crippen LogP) is 3.55. The highest BCUT2D eigenvalue weighted by molar-refractivity contribution is 7.89. The fourth-order valence-electron chi connectivity index (χ4n) is 5.54. The minimum absolute atomic E-state index is 0.00905. The van der Waals surface area contributed by atoms with Gasteiger partial charge in [-0.3, -0.25) is 9.88 Å². The number of alkyl carbamates (subject to hydrolysis) is 1. The van der Waals surface area contributed by atoms with Crippen LogP contribution in [0.4, 0.5) is 9.93 Å². The van der Waals surface area contributed by atoms with Crippen molar-refractivity contribution < 1.29 is 23.1 Å². The molecule has 1 aliphatic heterocycles. The number of benzene rings is 2. The van der Waals surface area contributed by atoms with Gasteiger partial charge in [-0.1, -0.05) is 61.6 Å². The van der Waals surface area contributed by atoms with Gasteiger partial charge in [0.1, 0.15) is 6.61 Å². The van der Waals surface area contributed by atoms with Crippen LogP contribution in [0, 0.1) is 5.92 Å². The Morgan fingerprint density at radius 3 is 2.58 bits per heavy atom. The molecule has 5 rings (SSSR count). The van der Waals surface area contributed by atoms with Crippen LogP contribution in [0.15, 0.2) is 78.0 Å². The molecule has 1 fully saturated rings. The van der Waals surface area contributed by atoms with E-state index in [9.17, 15) is 18.3 Å². The summed E-state index contributed by atoms with van der Waals surface area (Å²) in [5.41, 5.74) is 2.31. The van der Waals surface area contributed by atoms with Gasteiger partial charge in [-0.25, -0.2) is 18.2 Å². The van der Waals surface area contributed by atoms with Crippen molar-refractivity contribution in [3.8, 4) is 0 Å². The van der Waals surface area contributed by atoms with E-state index in [1.54, 1.807) is 42.7 Å². The largest absolute Gasteiger partial charge is 0.445 e. The summed E-state index contributed by atoms with van der Waals surface area (Å²) in [5, 5.41) is 21.8. The Morgan fingerprint density at radius 1 is 1.08 bits per heavy atom. The molecule has 0 saturated carbocycles. The van der Waals surface area contributed by atoms with Crippen LogP contribution >= 0.6 is 11.3 Å². The fraction of sp³-hybridized carbons (Fsp3) is 0.441. The molecule has 4 aromatic rings. The third kappa shape index (κ3) is 10.2. The fourth-order valence-corrected chi connectivity index (χ4v) is 8.19. The van der Waals surface area contributed by atoms with Gasteiger partial charge in [-0.05, 0) is 42.2 Å². The molecular formula is C34H45N7O5S2. The number of thiazole rings is 1. The average molecular weight is 696 g/mol. The second kappa shape index (κ2) is 17.1. The minimum atomic E-state index is -4.02. The molecule has 0 radical (unpaired) electrons. The summed E-state index contributed by atoms with van der Waals surface area (Å²) in [6.45, 7) is 9.50. The number of sulfonamides is 1. The highest BCUT2D eigenvalue weighted by Gasteiger charge is 2.32. The molecule has 3 heterocycles. The normalized spacial score (nSPS) is 15.4. The summed E-state index contributed by atoms with van der Waals surface area (Å²) in [4.78, 5) is 24.1. The molecule has 12 nitrogen and oxygen atoms in total. The molecule has 1 saturated heterocycles. The number of aliphatic hydroxyl groups excluding tert-OH is 1. The van der Waals surface area contributed by atoms with E-state index < -0.39 is 28.3 Å². The van der Waals surface area contributed by atoms with Gasteiger partial charge in [0.15, 0.2) is 5.13 Å². The second-order valence-corrected chi connectivity index (χ2v) is 15.3. The molecule has 0 aliphatic carbocycles. The maximum atomic E-state index is 14.1. The maximum absolute atomic E-state index is 14.1. The number of nitrogens with zero attached hydrogens (tertiary/aromatic N) is 4. The van der Waals surface area contributed by atoms with Crippen LogP contribution in [-0.4, -0.2) is 103 Å². The summed E-state index contributed by atoms with van der Waals surface area (Å²) in [6, 6.07) is 17.1. The molecule has 14 heteroatoms. The SMILES string of the molecule is CC(C)CN(C[C@@H](O)[C@H](Cc1ccccc1)NC(=O)OCc1cccnc1)S(=O)(=O)c1ccc2nc(NCCN3CCNCC3)sc2c1. The van der Waals surface area contributed by atoms with E-state index in [0.717, 1.165) is 65.7 Å². The summed E-state index contributed by atoms with van der Waals surface area (Å²) in [5.74, 6) is -0.0180. The number of pyridine rings is 1. The zero-order valence-electron chi connectivity index (χ0n) is 27.4. The number of anilines is 1. The van der Waals surface area contributed by atoms with Crippen LogP contribution in [0.5, 0.6) is 0 Å². The zero-order chi connectivity index (χ0) is 33.9. The maximum Gasteiger partial charge on any atom is 0.407 e. The van der Waals surface area contributed by atoms with Crippen LogP contribution in [0.2, 0.25) is 0 Å². The van der Waals surface area contributed by atoms with Gasteiger partial charge >= 0.3 is 6.09 Å². The molecular weight excluding hydrogens is 651 g/mol. The first-order valence-corrected chi connectivity index (χ1v) is 18.5. The monoisotopic (exact) mass is 695 g/mol. The third-order valence-corrected chi connectivity index (χ3v) is 10.8. The molecule has 0 unspecified atom stereocenters. The molecule has 2 aromatic heterocycles. The van der Waals surface area contributed by atoms with E-state index in [4.69, 9.17) is 4.74 Å². The highest BCUT2D eigenvalue weighted by Crippen LogP contribution is 2.30. The predicted molar refractivity (Wildman–Crippen MR) is 189 cm³/mol. The lowest BCUT2D eigenvalue weighted by atomic mass is 10.0. The molecule has 48 heavy (non-hydrogen) atoms. The molecule has 0 bridgehead atoms. The molecule has 2 atom stereocenters. The molecule has 1 aliphatic rings. The van der Waals surface area contributed by atoms with Crippen LogP contribution in [0.3, 0.4) is 0 Å². The van der Waals surface area contributed by atoms with Crippen molar-refractivity contribution in [3.63, 3.8) is 0 Å². The van der Waals surface area contributed by atoms with E-state index in [1.807, 2.05) is 44.2 Å². The van der Waals surface area contributed by atoms with E-state index >= 15 is 0 Å². The number of amides is 1. The Hall–Kier alpha value is -3.66. The Kier molecular flexibility index (Phi) is 12.7. The number of fused-ring (bicyclic) bond motifs is 1. The Morgan fingerprint density at radius 2 is 1.85 bits per heavy atom. The number of ether oxygens (including phenoxy) is 1. The molecule has 258 valence electrons. The smallest absolute Gasteiger partial charge is 0.407 e. The van der Waals surface area contributed by atoms with Gasteiger partial charge in [0, 0.05) is 70.3 Å². The van der Waals surface area contributed by atoms with Crippen molar-refractivity contribution in [2.45, 2.75) is 43.9 Å². The number of piperazine rings is 1. The average Bonchev–Trinajstić information content (AvgIpc) is 3.50. The van der Waals surface area contributed by atoms with Gasteiger partial charge in [0.2, 0.25) is 10.0 Å². The number of nitrogens with one attached hydrogen (secondary N) is 3. The summed E-state index contributed by atoms with van der Waals surface area (Å²) in [7, 11) is -4.02. The lowest BCUT2D eigenvalue weighted by molar-refractivity contribution is 0.0873. The lowest BCUT2D eigenvalue weighted by Gasteiger charge is -2.30. The number of rotatable bonds is 16. The highest BCUT2D eigenvalue weighted by atomic mass is 32.2. The Balaban J connectivity index is 1.29. The van der Waals surface area contributed by atoms with Crippen LogP contribution < -0.4 is 16.0 Å². The quantitative estimate of drug-likeness (QED) is 0.137. The molecule has 2 aromatic carbocycles. The van der Waals surface area contributed by atoms with Crippen LogP contribution in [0.1, 0.15) is 25.0 Å². The number of carbonyl (C=O) groups excluding carboxylic acids is 1. The standard InChI is InChI=1S/C34H45N7O5S2/c1-25(2)22-41(23-31(42)30(19-26-7-4-3-5-8-26)39-34(43)46-24-27-9-6-12-36-21-27)48(44,45)28-10-11-29-32(20-28)47-33(38-29)37-15-18-40-16-13-35-14-17-40/h3-12,20-21,25,30-31,35,42H,13-19,22-24H2,1-2H3,(H,37,38)(H,39,43)/t30-,31+/m0/s1. The van der Waals surface area contributed by atoms with Gasteiger partial charge in [-0.15, -0.1) is 0 Å². The van der Waals surface area contributed by atoms with E-state index in [2.05, 4.69) is 30.8 Å². The van der Waals surface area contributed by atoms with Crippen molar-refractivity contribution in [1.82, 2.24) is 29.8 Å². The van der Waals surface area contributed by atoms with Crippen LogP contribution in [0.25, 0.3) is 10.2 Å². The van der Waals surface area contributed by atoms with Gasteiger partial charge < -0.3 is 25.8 Å². The van der Waals surface area contributed by atoms with Gasteiger partial charge in [0.05, 0.1) is 27.3 Å². The van der Waals surface area contributed by atoms with E-state index in [0.29, 0.717) is 0 Å². The summed E-state index contributed by atoms with van der Waals surface area (Å²) < 4.78 is 35.7. The van der Waals surface area contributed by atoms with Crippen molar-refractivity contribution in [3.05, 3.63) is 84.2 Å². The van der Waals surface area contributed by atoms with Crippen LogP contribution in [-0.2, 0) is 27.8 Å². The molecule has 4 N–H and O–H groups in total. The first kappa shape index (κ1) is 35.6. The van der Waals surface area contributed by atoms with Crippen molar-refractivity contribution in [2.75, 3.05) is 57.7 Å². The van der Waals surface area contributed by atoms with E-state index in [1.165, 1.54) is 15.6 Å². The zero-order valence-corrected chi connectivity index (χ0v) is 29.0. The molecule has 1 amide bonds. The van der Waals surface area contributed by atoms with Gasteiger partial charge in [-0.2, -0.15) is 4.31 Å². The Labute approximate surface area is 286 Å². The summed E-state index contributed by atoms with van der Waals surface area (Å²) in [6.07, 6.45) is 1.56. The number of hydrogen-bond donors (Lipinski definition) is 4. The first-order chi connectivity index (χ1) is 23.2. The Bertz CT molecular complexity index is 1700. The number of aliphatic hydroxyl groups is 1. The van der Waals surface area contributed by atoms with E-state index in [-0.39, 0.29) is 36.9 Å². The number of aromatic nitrogens is 2. The second-order valence-electron chi connectivity index (χ2n) is 12.3. The lowest BCUT2D eigenvalue weighted by Crippen LogP contribution is -2.51. The van der Waals surface area contributed by atoms with Gasteiger partial charge in [0.25, 0.3) is 0 Å². The number of hydrogen-bond acceptors (Lipinski definition) is 11. The van der Waals surface area contributed by atoms with Crippen molar-refractivity contribution in [1.29, 1.82) is 0 Å².